The third-order valence-electron chi connectivity index (χ3n) is 3.79. The van der Waals surface area contributed by atoms with Crippen LogP contribution in [0.25, 0.3) is 22.7 Å². The first kappa shape index (κ1) is 15.3. The fourth-order valence-corrected chi connectivity index (χ4v) is 3.19. The van der Waals surface area contributed by atoms with Crippen molar-refractivity contribution in [3.63, 3.8) is 0 Å². The summed E-state index contributed by atoms with van der Waals surface area (Å²) in [4.78, 5) is 20.8. The molecule has 0 atom stereocenters. The average Bonchev–Trinajstić information content (AvgIpc) is 3.36. The van der Waals surface area contributed by atoms with Gasteiger partial charge in [-0.1, -0.05) is 12.1 Å². The number of hydrogen-bond acceptors (Lipinski definition) is 5. The van der Waals surface area contributed by atoms with Crippen molar-refractivity contribution in [2.45, 2.75) is 0 Å². The van der Waals surface area contributed by atoms with Crippen molar-refractivity contribution in [2.24, 2.45) is 7.05 Å². The highest BCUT2D eigenvalue weighted by atomic mass is 32.1. The number of carbonyl (C=O) groups is 1. The molecule has 4 aromatic rings. The van der Waals surface area contributed by atoms with Gasteiger partial charge in [0.05, 0.1) is 17.6 Å². The van der Waals surface area contributed by atoms with Crippen LogP contribution in [-0.2, 0) is 7.05 Å². The number of rotatable bonds is 4. The van der Waals surface area contributed by atoms with Gasteiger partial charge >= 0.3 is 0 Å². The molecule has 7 heteroatoms. The van der Waals surface area contributed by atoms with Crippen molar-refractivity contribution >= 4 is 22.4 Å². The molecule has 0 saturated carbocycles. The summed E-state index contributed by atoms with van der Waals surface area (Å²) in [6.07, 6.45) is 4.97. The Morgan fingerprint density at radius 2 is 2.08 bits per heavy atom. The van der Waals surface area contributed by atoms with E-state index in [0.717, 1.165) is 17.0 Å². The molecule has 0 saturated heterocycles. The van der Waals surface area contributed by atoms with Crippen molar-refractivity contribution in [3.8, 4) is 22.7 Å². The summed E-state index contributed by atoms with van der Waals surface area (Å²) < 4.78 is 7.23. The van der Waals surface area contributed by atoms with Gasteiger partial charge in [-0.25, -0.2) is 9.97 Å². The second-order valence-electron chi connectivity index (χ2n) is 5.44. The normalized spacial score (nSPS) is 10.8. The van der Waals surface area contributed by atoms with E-state index in [1.165, 1.54) is 17.7 Å². The molecule has 6 nitrogen and oxygen atoms in total. The van der Waals surface area contributed by atoms with Crippen molar-refractivity contribution in [1.29, 1.82) is 0 Å². The molecule has 0 unspecified atom stereocenters. The molecule has 0 aliphatic heterocycles. The minimum atomic E-state index is -0.197. The minimum Gasteiger partial charge on any atom is -0.444 e. The van der Waals surface area contributed by atoms with E-state index in [4.69, 9.17) is 4.42 Å². The highest BCUT2D eigenvalue weighted by Gasteiger charge is 2.12. The Morgan fingerprint density at radius 1 is 1.24 bits per heavy atom. The van der Waals surface area contributed by atoms with E-state index in [-0.39, 0.29) is 5.91 Å². The minimum absolute atomic E-state index is 0.197. The monoisotopic (exact) mass is 350 g/mol. The number of amides is 1. The number of hydrogen-bond donors (Lipinski definition) is 1. The number of nitrogens with zero attached hydrogens (tertiary/aromatic N) is 3. The van der Waals surface area contributed by atoms with E-state index in [0.29, 0.717) is 16.5 Å². The van der Waals surface area contributed by atoms with Gasteiger partial charge in [0, 0.05) is 29.8 Å². The molecule has 1 N–H and O–H groups in total. The van der Waals surface area contributed by atoms with Crippen LogP contribution < -0.4 is 5.32 Å². The molecule has 0 aliphatic rings. The predicted octanol–water partition coefficient (Wildman–Crippen LogP) is 4.06. The third-order valence-corrected chi connectivity index (χ3v) is 4.55. The van der Waals surface area contributed by atoms with Gasteiger partial charge in [0.2, 0.25) is 0 Å². The maximum absolute atomic E-state index is 12.4. The first-order valence-corrected chi connectivity index (χ1v) is 8.46. The van der Waals surface area contributed by atoms with Crippen molar-refractivity contribution in [1.82, 2.24) is 14.5 Å². The van der Waals surface area contributed by atoms with E-state index >= 15 is 0 Å². The summed E-state index contributed by atoms with van der Waals surface area (Å²) in [6, 6.07) is 11.1. The Morgan fingerprint density at radius 3 is 2.76 bits per heavy atom. The first-order valence-electron chi connectivity index (χ1n) is 7.58. The largest absolute Gasteiger partial charge is 0.444 e. The fourth-order valence-electron chi connectivity index (χ4n) is 2.49. The molecule has 3 aromatic heterocycles. The summed E-state index contributed by atoms with van der Waals surface area (Å²) in [7, 11) is 1.96. The van der Waals surface area contributed by atoms with E-state index in [1.807, 2.05) is 47.5 Å². The number of aryl methyl sites for hydroxylation is 1. The van der Waals surface area contributed by atoms with Crippen LogP contribution in [0.2, 0.25) is 0 Å². The van der Waals surface area contributed by atoms with Crippen LogP contribution in [0.15, 0.2) is 65.0 Å². The second-order valence-corrected chi connectivity index (χ2v) is 6.30. The van der Waals surface area contributed by atoms with Gasteiger partial charge in [0.1, 0.15) is 0 Å². The van der Waals surface area contributed by atoms with Crippen LogP contribution in [0.1, 0.15) is 10.4 Å². The Hall–Kier alpha value is -3.19. The van der Waals surface area contributed by atoms with Gasteiger partial charge in [-0.2, -0.15) is 0 Å². The number of aromatic nitrogens is 3. The molecule has 0 spiro atoms. The number of anilines is 1. The Kier molecular flexibility index (Phi) is 3.91. The van der Waals surface area contributed by atoms with Gasteiger partial charge in [-0.3, -0.25) is 10.1 Å². The quantitative estimate of drug-likeness (QED) is 0.602. The van der Waals surface area contributed by atoms with Gasteiger partial charge in [0.25, 0.3) is 5.91 Å². The number of nitrogens with one attached hydrogen (secondary N) is 1. The van der Waals surface area contributed by atoms with Crippen LogP contribution in [0, 0.1) is 0 Å². The number of thiazole rings is 1. The van der Waals surface area contributed by atoms with Gasteiger partial charge < -0.3 is 8.98 Å². The summed E-state index contributed by atoms with van der Waals surface area (Å²) in [6.45, 7) is 0. The average molecular weight is 350 g/mol. The number of benzene rings is 1. The second kappa shape index (κ2) is 6.37. The highest BCUT2D eigenvalue weighted by Crippen LogP contribution is 2.25. The lowest BCUT2D eigenvalue weighted by molar-refractivity contribution is 0.102. The summed E-state index contributed by atoms with van der Waals surface area (Å²) in [5, 5.41) is 5.34. The van der Waals surface area contributed by atoms with Crippen LogP contribution in [0.4, 0.5) is 5.13 Å². The number of carbonyl (C=O) groups excluding carboxylic acids is 1. The maximum Gasteiger partial charge on any atom is 0.257 e. The van der Waals surface area contributed by atoms with Crippen LogP contribution in [0.5, 0.6) is 0 Å². The zero-order valence-corrected chi connectivity index (χ0v) is 14.2. The maximum atomic E-state index is 12.4. The highest BCUT2D eigenvalue weighted by molar-refractivity contribution is 7.14. The number of oxazole rings is 1. The standard InChI is InChI=1S/C18H14N4O2S/c1-22-8-2-3-15(22)14-10-25-18(20-14)21-17(23)13-6-4-12(5-7-13)16-9-19-11-24-16/h2-11H,1H3,(H,20,21,23). The predicted molar refractivity (Wildman–Crippen MR) is 96.4 cm³/mol. The molecule has 1 amide bonds. The summed E-state index contributed by atoms with van der Waals surface area (Å²) in [5.41, 5.74) is 3.27. The van der Waals surface area contributed by atoms with E-state index in [9.17, 15) is 4.79 Å². The van der Waals surface area contributed by atoms with Crippen LogP contribution in [-0.4, -0.2) is 20.4 Å². The van der Waals surface area contributed by atoms with Crippen molar-refractivity contribution in [3.05, 3.63) is 66.1 Å². The molecule has 1 aromatic carbocycles. The smallest absolute Gasteiger partial charge is 0.257 e. The zero-order chi connectivity index (χ0) is 17.2. The lowest BCUT2D eigenvalue weighted by Crippen LogP contribution is -2.11. The SMILES string of the molecule is Cn1cccc1-c1csc(NC(=O)c2ccc(-c3cnco3)cc2)n1. The molecule has 124 valence electrons. The van der Waals surface area contributed by atoms with E-state index in [2.05, 4.69) is 15.3 Å². The molecule has 4 rings (SSSR count). The Labute approximate surface area is 147 Å². The lowest BCUT2D eigenvalue weighted by atomic mass is 10.1. The molecular formula is C18H14N4O2S. The molecule has 0 radical (unpaired) electrons. The molecule has 25 heavy (non-hydrogen) atoms. The van der Waals surface area contributed by atoms with Gasteiger partial charge in [-0.15, -0.1) is 11.3 Å². The topological polar surface area (TPSA) is 73.0 Å². The Bertz CT molecular complexity index is 1000. The zero-order valence-electron chi connectivity index (χ0n) is 13.3. The van der Waals surface area contributed by atoms with Crippen LogP contribution >= 0.6 is 11.3 Å². The van der Waals surface area contributed by atoms with Crippen molar-refractivity contribution < 1.29 is 9.21 Å². The molecular weight excluding hydrogens is 336 g/mol. The van der Waals surface area contributed by atoms with Gasteiger partial charge in [0.15, 0.2) is 17.3 Å². The fraction of sp³-hybridized carbons (Fsp3) is 0.0556. The first-order chi connectivity index (χ1) is 12.2. The van der Waals surface area contributed by atoms with E-state index in [1.54, 1.807) is 18.3 Å². The summed E-state index contributed by atoms with van der Waals surface area (Å²) in [5.74, 6) is 0.469. The molecule has 0 aliphatic carbocycles. The summed E-state index contributed by atoms with van der Waals surface area (Å²) >= 11 is 1.40. The van der Waals surface area contributed by atoms with Gasteiger partial charge in [-0.05, 0) is 24.3 Å². The van der Waals surface area contributed by atoms with Crippen LogP contribution in [0.3, 0.4) is 0 Å². The molecule has 0 fully saturated rings. The Balaban J connectivity index is 1.49. The van der Waals surface area contributed by atoms with E-state index < -0.39 is 0 Å². The molecule has 3 heterocycles. The molecule has 0 bridgehead atoms. The van der Waals surface area contributed by atoms with Crippen molar-refractivity contribution in [2.75, 3.05) is 5.32 Å². The lowest BCUT2D eigenvalue weighted by Gasteiger charge is -2.03. The third kappa shape index (κ3) is 3.09.